The summed E-state index contributed by atoms with van der Waals surface area (Å²) >= 11 is 0. The Balaban J connectivity index is 0.00000450. The number of benzene rings is 2. The maximum atomic E-state index is 12.6. The Morgan fingerprint density at radius 1 is 1.07 bits per heavy atom. The van der Waals surface area contributed by atoms with Crippen LogP contribution in [-0.2, 0) is 6.42 Å². The highest BCUT2D eigenvalue weighted by Crippen LogP contribution is 2.28. The molecule has 0 aliphatic heterocycles. The van der Waals surface area contributed by atoms with Crippen LogP contribution < -0.4 is 19.5 Å². The highest BCUT2D eigenvalue weighted by Gasteiger charge is 2.13. The van der Waals surface area contributed by atoms with Crippen molar-refractivity contribution in [2.24, 2.45) is 0 Å². The van der Waals surface area contributed by atoms with Crippen molar-refractivity contribution in [3.05, 3.63) is 53.6 Å². The van der Waals surface area contributed by atoms with Crippen molar-refractivity contribution in [2.75, 3.05) is 33.9 Å². The quantitative estimate of drug-likeness (QED) is 0.367. The van der Waals surface area contributed by atoms with Gasteiger partial charge in [0.2, 0.25) is 0 Å². The van der Waals surface area contributed by atoms with Gasteiger partial charge in [-0.3, -0.25) is 4.79 Å². The minimum absolute atomic E-state index is 0. The molecule has 1 atom stereocenters. The molecule has 0 amide bonds. The summed E-state index contributed by atoms with van der Waals surface area (Å²) in [4.78, 5) is 12.6. The molecule has 166 valence electrons. The van der Waals surface area contributed by atoms with Crippen molar-refractivity contribution in [2.45, 2.75) is 32.3 Å². The second-order valence-electron chi connectivity index (χ2n) is 6.77. The number of nitrogens with one attached hydrogen (secondary N) is 1. The molecule has 0 aliphatic rings. The molecular formula is C23H32ClNO5. The smallest absolute Gasteiger partial charge is 0.163 e. The molecule has 0 fully saturated rings. The fourth-order valence-corrected chi connectivity index (χ4v) is 2.94. The summed E-state index contributed by atoms with van der Waals surface area (Å²) in [6, 6.07) is 12.8. The van der Waals surface area contributed by atoms with E-state index in [9.17, 15) is 9.90 Å². The molecule has 2 aromatic carbocycles. The molecule has 0 saturated carbocycles. The predicted octanol–water partition coefficient (Wildman–Crippen LogP) is 3.68. The van der Waals surface area contributed by atoms with Gasteiger partial charge in [0.15, 0.2) is 17.3 Å². The third kappa shape index (κ3) is 7.86. The SMILES string of the molecule is CCCNCC(O)COc1ccccc1CCC(=O)c1ccc(OC)c(OC)c1.Cl. The Hall–Kier alpha value is -2.28. The molecule has 2 aromatic rings. The number of aliphatic hydroxyl groups excluding tert-OH is 1. The van der Waals surface area contributed by atoms with E-state index in [-0.39, 0.29) is 24.8 Å². The highest BCUT2D eigenvalue weighted by atomic mass is 35.5. The van der Waals surface area contributed by atoms with E-state index in [0.29, 0.717) is 42.2 Å². The van der Waals surface area contributed by atoms with Crippen LogP contribution in [-0.4, -0.2) is 50.9 Å². The zero-order chi connectivity index (χ0) is 21.1. The van der Waals surface area contributed by atoms with Crippen molar-refractivity contribution in [1.29, 1.82) is 0 Å². The Labute approximate surface area is 185 Å². The lowest BCUT2D eigenvalue weighted by Gasteiger charge is -2.15. The molecule has 0 spiro atoms. The minimum atomic E-state index is -0.581. The summed E-state index contributed by atoms with van der Waals surface area (Å²) in [6.07, 6.45) is 1.33. The van der Waals surface area contributed by atoms with Gasteiger partial charge < -0.3 is 24.6 Å². The fourth-order valence-electron chi connectivity index (χ4n) is 2.94. The second-order valence-corrected chi connectivity index (χ2v) is 6.77. The van der Waals surface area contributed by atoms with E-state index < -0.39 is 6.10 Å². The Morgan fingerprint density at radius 2 is 1.80 bits per heavy atom. The highest BCUT2D eigenvalue weighted by molar-refractivity contribution is 5.96. The van der Waals surface area contributed by atoms with E-state index in [2.05, 4.69) is 12.2 Å². The number of carbonyl (C=O) groups excluding carboxylic acids is 1. The van der Waals surface area contributed by atoms with E-state index in [1.165, 1.54) is 0 Å². The molecule has 7 heteroatoms. The number of para-hydroxylation sites is 1. The van der Waals surface area contributed by atoms with Crippen LogP contribution in [0.1, 0.15) is 35.7 Å². The fraction of sp³-hybridized carbons (Fsp3) is 0.435. The van der Waals surface area contributed by atoms with Crippen LogP contribution in [0.25, 0.3) is 0 Å². The number of ketones is 1. The molecule has 0 saturated heterocycles. The van der Waals surface area contributed by atoms with E-state index in [1.54, 1.807) is 32.4 Å². The first-order valence-corrected chi connectivity index (χ1v) is 9.93. The zero-order valence-electron chi connectivity index (χ0n) is 17.8. The van der Waals surface area contributed by atoms with Crippen molar-refractivity contribution in [1.82, 2.24) is 5.32 Å². The molecule has 2 N–H and O–H groups in total. The normalized spacial score (nSPS) is 11.3. The molecule has 2 rings (SSSR count). The van der Waals surface area contributed by atoms with Gasteiger partial charge in [-0.15, -0.1) is 12.4 Å². The average molecular weight is 438 g/mol. The second kappa shape index (κ2) is 13.9. The van der Waals surface area contributed by atoms with Crippen molar-refractivity contribution < 1.29 is 24.1 Å². The largest absolute Gasteiger partial charge is 0.493 e. The van der Waals surface area contributed by atoms with Crippen LogP contribution in [0.2, 0.25) is 0 Å². The van der Waals surface area contributed by atoms with Crippen LogP contribution in [0, 0.1) is 0 Å². The first-order valence-electron chi connectivity index (χ1n) is 9.93. The molecule has 0 bridgehead atoms. The summed E-state index contributed by atoms with van der Waals surface area (Å²) in [5.74, 6) is 1.84. The average Bonchev–Trinajstić information content (AvgIpc) is 2.76. The number of halogens is 1. The number of aliphatic hydroxyl groups is 1. The third-order valence-corrected chi connectivity index (χ3v) is 4.54. The molecule has 0 aromatic heterocycles. The van der Waals surface area contributed by atoms with Gasteiger partial charge in [0.25, 0.3) is 0 Å². The van der Waals surface area contributed by atoms with Crippen molar-refractivity contribution in [3.8, 4) is 17.2 Å². The number of ether oxygens (including phenoxy) is 3. The van der Waals surface area contributed by atoms with Crippen LogP contribution in [0.4, 0.5) is 0 Å². The minimum Gasteiger partial charge on any atom is -0.493 e. The number of hydrogen-bond acceptors (Lipinski definition) is 6. The molecule has 0 aliphatic carbocycles. The van der Waals surface area contributed by atoms with E-state index in [4.69, 9.17) is 14.2 Å². The van der Waals surface area contributed by atoms with Gasteiger partial charge in [0, 0.05) is 18.5 Å². The lowest BCUT2D eigenvalue weighted by Crippen LogP contribution is -2.31. The number of methoxy groups -OCH3 is 2. The maximum absolute atomic E-state index is 12.6. The summed E-state index contributed by atoms with van der Waals surface area (Å²) < 4.78 is 16.3. The van der Waals surface area contributed by atoms with Crippen LogP contribution in [0.15, 0.2) is 42.5 Å². The molecule has 1 unspecified atom stereocenters. The van der Waals surface area contributed by atoms with Crippen LogP contribution >= 0.6 is 12.4 Å². The van der Waals surface area contributed by atoms with Gasteiger partial charge in [0.1, 0.15) is 18.5 Å². The van der Waals surface area contributed by atoms with E-state index >= 15 is 0 Å². The molecule has 6 nitrogen and oxygen atoms in total. The third-order valence-electron chi connectivity index (χ3n) is 4.54. The summed E-state index contributed by atoms with van der Waals surface area (Å²) in [7, 11) is 3.11. The predicted molar refractivity (Wildman–Crippen MR) is 121 cm³/mol. The van der Waals surface area contributed by atoms with Gasteiger partial charge in [-0.2, -0.15) is 0 Å². The topological polar surface area (TPSA) is 77.0 Å². The van der Waals surface area contributed by atoms with Gasteiger partial charge in [-0.05, 0) is 49.2 Å². The standard InChI is InChI=1S/C23H31NO5.ClH/c1-4-13-24-15-19(25)16-29-21-8-6-5-7-17(21)9-11-20(26)18-10-12-22(27-2)23(14-18)28-3;/h5-8,10,12,14,19,24-25H,4,9,11,13,15-16H2,1-3H3;1H. The first kappa shape index (κ1) is 25.8. The number of hydrogen-bond donors (Lipinski definition) is 2. The Morgan fingerprint density at radius 3 is 2.50 bits per heavy atom. The van der Waals surface area contributed by atoms with Gasteiger partial charge in [0.05, 0.1) is 14.2 Å². The van der Waals surface area contributed by atoms with Crippen LogP contribution in [0.3, 0.4) is 0 Å². The Bertz CT molecular complexity index is 784. The van der Waals surface area contributed by atoms with Gasteiger partial charge >= 0.3 is 0 Å². The molecular weight excluding hydrogens is 406 g/mol. The summed E-state index contributed by atoms with van der Waals surface area (Å²) in [5, 5.41) is 13.2. The lowest BCUT2D eigenvalue weighted by molar-refractivity contribution is 0.0979. The molecule has 30 heavy (non-hydrogen) atoms. The van der Waals surface area contributed by atoms with E-state index in [1.807, 2.05) is 24.3 Å². The molecule has 0 radical (unpaired) electrons. The number of carbonyl (C=O) groups is 1. The lowest BCUT2D eigenvalue weighted by atomic mass is 10.0. The number of Topliss-reactive ketones (excluding diaryl/α,β-unsaturated/α-hetero) is 1. The van der Waals surface area contributed by atoms with Crippen LogP contribution in [0.5, 0.6) is 17.2 Å². The molecule has 0 heterocycles. The summed E-state index contributed by atoms with van der Waals surface area (Å²) in [5.41, 5.74) is 1.52. The zero-order valence-corrected chi connectivity index (χ0v) is 18.7. The first-order chi connectivity index (χ1) is 14.1. The summed E-state index contributed by atoms with van der Waals surface area (Å²) in [6.45, 7) is 3.65. The number of aryl methyl sites for hydroxylation is 1. The van der Waals surface area contributed by atoms with E-state index in [0.717, 1.165) is 18.5 Å². The van der Waals surface area contributed by atoms with Crippen molar-refractivity contribution in [3.63, 3.8) is 0 Å². The monoisotopic (exact) mass is 437 g/mol. The van der Waals surface area contributed by atoms with Crippen molar-refractivity contribution >= 4 is 18.2 Å². The Kier molecular flexibility index (Phi) is 11.9. The van der Waals surface area contributed by atoms with Gasteiger partial charge in [-0.1, -0.05) is 25.1 Å². The maximum Gasteiger partial charge on any atom is 0.163 e. The van der Waals surface area contributed by atoms with Gasteiger partial charge in [-0.25, -0.2) is 0 Å². The number of rotatable bonds is 13.